The Labute approximate surface area is 190 Å². The van der Waals surface area contributed by atoms with Crippen LogP contribution < -0.4 is 20.3 Å². The van der Waals surface area contributed by atoms with Crippen molar-refractivity contribution in [1.82, 2.24) is 10.2 Å². The summed E-state index contributed by atoms with van der Waals surface area (Å²) in [6.07, 6.45) is -2.73. The molecule has 3 rings (SSSR count). The maximum Gasteiger partial charge on any atom is 0.573 e. The van der Waals surface area contributed by atoms with E-state index in [1.54, 1.807) is 0 Å². The second-order valence-electron chi connectivity index (χ2n) is 8.13. The molecule has 0 spiro atoms. The van der Waals surface area contributed by atoms with Crippen molar-refractivity contribution < 1.29 is 27.5 Å². The smallest absolute Gasteiger partial charge is 0.406 e. The second kappa shape index (κ2) is 10.1. The Bertz CT molecular complexity index is 993. The molecule has 0 aliphatic carbocycles. The van der Waals surface area contributed by atoms with E-state index in [0.717, 1.165) is 37.1 Å². The number of benzene rings is 2. The molecule has 0 fully saturated rings. The second-order valence-corrected chi connectivity index (χ2v) is 8.13. The van der Waals surface area contributed by atoms with Crippen molar-refractivity contribution in [3.63, 3.8) is 0 Å². The van der Waals surface area contributed by atoms with Gasteiger partial charge in [0.1, 0.15) is 5.75 Å². The van der Waals surface area contributed by atoms with Gasteiger partial charge in [0.25, 0.3) is 0 Å². The van der Waals surface area contributed by atoms with Gasteiger partial charge in [-0.2, -0.15) is 0 Å². The van der Waals surface area contributed by atoms with Gasteiger partial charge in [-0.15, -0.1) is 13.2 Å². The zero-order chi connectivity index (χ0) is 24.2. The van der Waals surface area contributed by atoms with E-state index in [4.69, 9.17) is 0 Å². The molecular formula is C23H27F3N4O3. The van der Waals surface area contributed by atoms with E-state index in [1.165, 1.54) is 23.4 Å². The minimum atomic E-state index is -4.80. The lowest BCUT2D eigenvalue weighted by Crippen LogP contribution is -2.40. The number of fused-ring (bicyclic) bond motifs is 1. The van der Waals surface area contributed by atoms with Crippen LogP contribution >= 0.6 is 0 Å². The summed E-state index contributed by atoms with van der Waals surface area (Å²) in [7, 11) is 5.86. The summed E-state index contributed by atoms with van der Waals surface area (Å²) in [5, 5.41) is 5.00. The number of carbonyl (C=O) groups excluding carboxylic acids is 2. The zero-order valence-corrected chi connectivity index (χ0v) is 18.7. The van der Waals surface area contributed by atoms with E-state index in [1.807, 2.05) is 25.1 Å². The number of anilines is 2. The number of nitrogens with one attached hydrogen (secondary N) is 2. The first-order valence-corrected chi connectivity index (χ1v) is 10.5. The molecule has 10 heteroatoms. The van der Waals surface area contributed by atoms with Gasteiger partial charge >= 0.3 is 18.2 Å². The van der Waals surface area contributed by atoms with Crippen LogP contribution in [0.1, 0.15) is 23.6 Å². The monoisotopic (exact) mass is 464 g/mol. The lowest BCUT2D eigenvalue weighted by Gasteiger charge is -2.30. The van der Waals surface area contributed by atoms with E-state index in [-0.39, 0.29) is 18.3 Å². The molecule has 2 aromatic rings. The highest BCUT2D eigenvalue weighted by molar-refractivity contribution is 6.39. The average Bonchev–Trinajstić information content (AvgIpc) is 2.74. The summed E-state index contributed by atoms with van der Waals surface area (Å²) in [6, 6.07) is 10.7. The minimum Gasteiger partial charge on any atom is -0.406 e. The third-order valence-corrected chi connectivity index (χ3v) is 5.47. The molecule has 33 heavy (non-hydrogen) atoms. The minimum absolute atomic E-state index is 0.141. The van der Waals surface area contributed by atoms with Crippen LogP contribution in [-0.2, 0) is 16.0 Å². The number of carbonyl (C=O) groups is 2. The van der Waals surface area contributed by atoms with Gasteiger partial charge < -0.3 is 25.2 Å². The first-order chi connectivity index (χ1) is 15.5. The van der Waals surface area contributed by atoms with Gasteiger partial charge in [0.15, 0.2) is 0 Å². The number of rotatable bonds is 6. The predicted octanol–water partition coefficient (Wildman–Crippen LogP) is 3.33. The van der Waals surface area contributed by atoms with Crippen LogP contribution in [0.2, 0.25) is 0 Å². The Balaban J connectivity index is 1.59. The molecule has 1 aliphatic heterocycles. The van der Waals surface area contributed by atoms with Crippen LogP contribution in [0.4, 0.5) is 24.5 Å². The highest BCUT2D eigenvalue weighted by atomic mass is 19.4. The molecule has 0 aromatic heterocycles. The van der Waals surface area contributed by atoms with E-state index in [0.29, 0.717) is 0 Å². The summed E-state index contributed by atoms with van der Waals surface area (Å²) in [5.41, 5.74) is 3.68. The molecule has 0 radical (unpaired) electrons. The molecule has 7 nitrogen and oxygen atoms in total. The number of hydrogen-bond acceptors (Lipinski definition) is 5. The molecule has 1 aliphatic rings. The number of halogens is 3. The van der Waals surface area contributed by atoms with Crippen molar-refractivity contribution in [3.8, 4) is 5.75 Å². The fraction of sp³-hybridized carbons (Fsp3) is 0.391. The molecule has 2 N–H and O–H groups in total. The number of likely N-dealkylation sites (N-methyl/N-ethyl adjacent to an activating group) is 1. The van der Waals surface area contributed by atoms with Crippen molar-refractivity contribution >= 4 is 23.2 Å². The van der Waals surface area contributed by atoms with E-state index in [9.17, 15) is 22.8 Å². The highest BCUT2D eigenvalue weighted by Gasteiger charge is 2.31. The van der Waals surface area contributed by atoms with Gasteiger partial charge in [-0.3, -0.25) is 9.59 Å². The third kappa shape index (κ3) is 6.61. The first-order valence-electron chi connectivity index (χ1n) is 10.5. The number of ether oxygens (including phenoxy) is 1. The van der Waals surface area contributed by atoms with Crippen molar-refractivity contribution in [2.24, 2.45) is 0 Å². The number of nitrogens with zero attached hydrogens (tertiary/aromatic N) is 2. The van der Waals surface area contributed by atoms with Crippen molar-refractivity contribution in [1.29, 1.82) is 0 Å². The maximum absolute atomic E-state index is 12.3. The number of aryl methyl sites for hydroxylation is 1. The summed E-state index contributed by atoms with van der Waals surface area (Å²) in [4.78, 5) is 28.7. The van der Waals surface area contributed by atoms with E-state index < -0.39 is 23.9 Å². The Morgan fingerprint density at radius 3 is 2.45 bits per heavy atom. The summed E-state index contributed by atoms with van der Waals surface area (Å²) in [6.45, 7) is 1.24. The zero-order valence-electron chi connectivity index (χ0n) is 18.7. The van der Waals surface area contributed by atoms with Crippen LogP contribution in [0.25, 0.3) is 0 Å². The molecule has 1 unspecified atom stereocenters. The van der Waals surface area contributed by atoms with Crippen LogP contribution in [0.15, 0.2) is 42.5 Å². The highest BCUT2D eigenvalue weighted by Crippen LogP contribution is 2.30. The summed E-state index contributed by atoms with van der Waals surface area (Å²) in [5.74, 6) is -2.17. The number of hydrogen-bond donors (Lipinski definition) is 2. The topological polar surface area (TPSA) is 73.9 Å². The van der Waals surface area contributed by atoms with Crippen LogP contribution in [0.5, 0.6) is 5.75 Å². The van der Waals surface area contributed by atoms with Gasteiger partial charge in [0, 0.05) is 31.5 Å². The van der Waals surface area contributed by atoms with Crippen molar-refractivity contribution in [3.05, 3.63) is 53.6 Å². The Hall–Kier alpha value is -3.27. The normalized spacial score (nSPS) is 14.5. The van der Waals surface area contributed by atoms with E-state index in [2.05, 4.69) is 39.5 Å². The van der Waals surface area contributed by atoms with E-state index >= 15 is 0 Å². The van der Waals surface area contributed by atoms with Gasteiger partial charge in [-0.25, -0.2) is 0 Å². The van der Waals surface area contributed by atoms with Crippen LogP contribution in [0.3, 0.4) is 0 Å². The fourth-order valence-electron chi connectivity index (χ4n) is 3.81. The van der Waals surface area contributed by atoms with Crippen LogP contribution in [0, 0.1) is 0 Å². The lowest BCUT2D eigenvalue weighted by atomic mass is 9.96. The molecule has 2 amide bonds. The quantitative estimate of drug-likeness (QED) is 0.642. The lowest BCUT2D eigenvalue weighted by molar-refractivity contribution is -0.274. The summed E-state index contributed by atoms with van der Waals surface area (Å²) >= 11 is 0. The van der Waals surface area contributed by atoms with Crippen molar-refractivity contribution in [2.45, 2.75) is 25.2 Å². The molecule has 1 heterocycles. The fourth-order valence-corrected chi connectivity index (χ4v) is 3.81. The molecule has 1 atom stereocenters. The standard InChI is InChI=1S/C23H27F3N4O3/c1-29(2)20(16-6-11-19-15(13-16)5-4-12-30(19)3)14-27-21(31)22(32)28-17-7-9-18(10-8-17)33-23(24,25)26/h6-11,13,20H,4-5,12,14H2,1-3H3,(H,27,31)(H,28,32). The van der Waals surface area contributed by atoms with Crippen LogP contribution in [-0.4, -0.2) is 57.3 Å². The average molecular weight is 464 g/mol. The Morgan fingerprint density at radius 2 is 1.82 bits per heavy atom. The maximum atomic E-state index is 12.3. The summed E-state index contributed by atoms with van der Waals surface area (Å²) < 4.78 is 40.5. The number of alkyl halides is 3. The van der Waals surface area contributed by atoms with Gasteiger partial charge in [0.2, 0.25) is 0 Å². The number of amides is 2. The molecular weight excluding hydrogens is 437 g/mol. The SMILES string of the molecule is CN1CCCc2cc(C(CNC(=O)C(=O)Nc3ccc(OC(F)(F)F)cc3)N(C)C)ccc21. The molecule has 0 saturated heterocycles. The Morgan fingerprint density at radius 1 is 1.12 bits per heavy atom. The molecule has 0 bridgehead atoms. The largest absolute Gasteiger partial charge is 0.573 e. The molecule has 2 aromatic carbocycles. The van der Waals surface area contributed by atoms with Gasteiger partial charge in [-0.05, 0) is 68.4 Å². The molecule has 178 valence electrons. The molecule has 0 saturated carbocycles. The van der Waals surface area contributed by atoms with Crippen molar-refractivity contribution in [2.75, 3.05) is 44.4 Å². The third-order valence-electron chi connectivity index (χ3n) is 5.47. The van der Waals surface area contributed by atoms with Gasteiger partial charge in [-0.1, -0.05) is 12.1 Å². The Kier molecular flexibility index (Phi) is 7.47. The predicted molar refractivity (Wildman–Crippen MR) is 119 cm³/mol. The van der Waals surface area contributed by atoms with Gasteiger partial charge in [0.05, 0.1) is 6.04 Å². The first kappa shape index (κ1) is 24.4.